The highest BCUT2D eigenvalue weighted by Gasteiger charge is 2.75. The largest absolute Gasteiger partial charge is 0.508 e. The van der Waals surface area contributed by atoms with Crippen molar-refractivity contribution in [1.82, 2.24) is 19.9 Å². The molecule has 2 fully saturated rings. The van der Waals surface area contributed by atoms with E-state index in [1.807, 2.05) is 89.8 Å². The molecule has 6 atom stereocenters. The Morgan fingerprint density at radius 3 is 2.27 bits per heavy atom. The number of carbonyl (C=O) groups is 4. The van der Waals surface area contributed by atoms with Gasteiger partial charge in [0.25, 0.3) is 0 Å². The van der Waals surface area contributed by atoms with E-state index in [0.717, 1.165) is 16.0 Å². The van der Waals surface area contributed by atoms with Gasteiger partial charge in [0.2, 0.25) is 11.8 Å². The number of methoxy groups -OCH3 is 1. The quantitative estimate of drug-likeness (QED) is 0.119. The average molecular weight is 803 g/mol. The van der Waals surface area contributed by atoms with Crippen molar-refractivity contribution in [3.8, 4) is 17.6 Å². The summed E-state index contributed by atoms with van der Waals surface area (Å²) in [5, 5.41) is 19.0. The number of aromatic hydroxyl groups is 1. The number of primary amides is 1. The van der Waals surface area contributed by atoms with Gasteiger partial charge in [-0.15, -0.1) is 5.10 Å². The predicted molar refractivity (Wildman–Crippen MR) is 217 cm³/mol. The van der Waals surface area contributed by atoms with Gasteiger partial charge in [0.1, 0.15) is 42.0 Å². The van der Waals surface area contributed by atoms with E-state index in [4.69, 9.17) is 19.9 Å². The van der Waals surface area contributed by atoms with E-state index >= 15 is 4.79 Å². The first-order valence-electron chi connectivity index (χ1n) is 19.3. The highest BCUT2D eigenvalue weighted by Crippen LogP contribution is 2.65. The van der Waals surface area contributed by atoms with Crippen molar-refractivity contribution >= 4 is 40.6 Å². The number of phenols is 1. The maximum Gasteiger partial charge on any atom is 0.421 e. The van der Waals surface area contributed by atoms with Gasteiger partial charge in [0, 0.05) is 12.7 Å². The van der Waals surface area contributed by atoms with E-state index < -0.39 is 59.4 Å². The number of esters is 1. The number of nitrogens with two attached hydrogens (primary N) is 1. The third kappa shape index (κ3) is 6.14. The van der Waals surface area contributed by atoms with Crippen molar-refractivity contribution in [1.29, 1.82) is 0 Å². The van der Waals surface area contributed by atoms with E-state index in [9.17, 15) is 19.5 Å². The standard InChI is InChI=1S/C46H38N6O8/c1-58-25-26-59-45(57)51-35-23-18-28(11-10-24-50-36-17-9-8-16-34(36)48-49-50)27-33(35)46(44(51)56)37(42(47)54)39-43(55)60-40(30-14-6-3-7-15-30)38(29-12-4-2-5-13-29)52(39)41(46)31-19-21-32(53)22-20-31/h2-9,12-23,27,37-41,53H,24-26H2,1H3,(H2,47,54)/t37-,38-,39-,40+,41+,46-/m1/s1. The second-order valence-corrected chi connectivity index (χ2v) is 14.8. The van der Waals surface area contributed by atoms with Crippen molar-refractivity contribution in [3.05, 3.63) is 155 Å². The smallest absolute Gasteiger partial charge is 0.421 e. The van der Waals surface area contributed by atoms with E-state index in [1.54, 1.807) is 35.0 Å². The first-order chi connectivity index (χ1) is 29.2. The first kappa shape index (κ1) is 38.2. The number of hydrogen-bond donors (Lipinski definition) is 2. The molecule has 1 aromatic heterocycles. The summed E-state index contributed by atoms with van der Waals surface area (Å²) in [6.45, 7) is 0.0717. The Balaban J connectivity index is 1.29. The Labute approximate surface area is 344 Å². The zero-order valence-electron chi connectivity index (χ0n) is 32.3. The molecule has 300 valence electrons. The summed E-state index contributed by atoms with van der Waals surface area (Å²) in [5.74, 6) is 2.12. The summed E-state index contributed by atoms with van der Waals surface area (Å²) in [5.41, 5.74) is 8.58. The van der Waals surface area contributed by atoms with Crippen LogP contribution in [0.5, 0.6) is 5.75 Å². The molecule has 1 spiro atoms. The number of benzene rings is 5. The number of aromatic nitrogens is 3. The lowest BCUT2D eigenvalue weighted by Gasteiger charge is -2.46. The summed E-state index contributed by atoms with van der Waals surface area (Å²) < 4.78 is 18.7. The number of hydrogen-bond acceptors (Lipinski definition) is 11. The predicted octanol–water partition coefficient (Wildman–Crippen LogP) is 5.12. The second kappa shape index (κ2) is 15.4. The number of fused-ring (bicyclic) bond motifs is 4. The molecular weight excluding hydrogens is 765 g/mol. The van der Waals surface area contributed by atoms with Crippen molar-refractivity contribution < 1.29 is 38.5 Å². The van der Waals surface area contributed by atoms with Crippen LogP contribution in [-0.2, 0) is 40.6 Å². The van der Waals surface area contributed by atoms with Crippen LogP contribution in [0.15, 0.2) is 127 Å². The monoisotopic (exact) mass is 802 g/mol. The molecule has 3 N–H and O–H groups in total. The Bertz CT molecular complexity index is 2700. The molecule has 5 aromatic carbocycles. The number of cyclic esters (lactones) is 1. The van der Waals surface area contributed by atoms with Crippen LogP contribution in [-0.4, -0.2) is 75.2 Å². The molecule has 3 aliphatic rings. The van der Waals surface area contributed by atoms with Gasteiger partial charge in [-0.2, -0.15) is 0 Å². The number of morpholine rings is 1. The maximum absolute atomic E-state index is 15.8. The molecule has 60 heavy (non-hydrogen) atoms. The van der Waals surface area contributed by atoms with Crippen LogP contribution in [0.25, 0.3) is 11.0 Å². The van der Waals surface area contributed by atoms with Crippen LogP contribution in [0.1, 0.15) is 46.0 Å². The number of ether oxygens (including phenoxy) is 3. The van der Waals surface area contributed by atoms with Gasteiger partial charge in [-0.25, -0.2) is 14.4 Å². The summed E-state index contributed by atoms with van der Waals surface area (Å²) in [6.07, 6.45) is -1.91. The molecular formula is C46H38N6O8. The summed E-state index contributed by atoms with van der Waals surface area (Å²) in [4.78, 5) is 61.7. The highest BCUT2D eigenvalue weighted by molar-refractivity contribution is 6.23. The van der Waals surface area contributed by atoms with Gasteiger partial charge < -0.3 is 25.1 Å². The number of rotatable bonds is 8. The van der Waals surface area contributed by atoms with Gasteiger partial charge in [-0.05, 0) is 64.7 Å². The molecule has 0 bridgehead atoms. The highest BCUT2D eigenvalue weighted by atomic mass is 16.6. The summed E-state index contributed by atoms with van der Waals surface area (Å²) >= 11 is 0. The normalized spacial score (nSPS) is 23.1. The molecule has 6 aromatic rings. The van der Waals surface area contributed by atoms with Crippen molar-refractivity contribution in [3.63, 3.8) is 0 Å². The number of nitrogens with zero attached hydrogens (tertiary/aromatic N) is 5. The molecule has 4 heterocycles. The Morgan fingerprint density at radius 2 is 1.55 bits per heavy atom. The number of imide groups is 1. The Kier molecular flexibility index (Phi) is 9.83. The number of anilines is 1. The molecule has 3 amide bonds. The first-order valence-corrected chi connectivity index (χ1v) is 19.3. The topological polar surface area (TPSA) is 179 Å². The second-order valence-electron chi connectivity index (χ2n) is 14.8. The molecule has 0 radical (unpaired) electrons. The summed E-state index contributed by atoms with van der Waals surface area (Å²) in [7, 11) is 1.45. The maximum atomic E-state index is 15.8. The lowest BCUT2D eigenvalue weighted by Crippen LogP contribution is -2.55. The molecule has 0 unspecified atom stereocenters. The number of phenolic OH excluding ortho intramolecular Hbond substituents is 1. The zero-order chi connectivity index (χ0) is 41.5. The van der Waals surface area contributed by atoms with Crippen LogP contribution in [0, 0.1) is 17.8 Å². The fourth-order valence-electron chi connectivity index (χ4n) is 9.18. The molecule has 14 nitrogen and oxygen atoms in total. The summed E-state index contributed by atoms with van der Waals surface area (Å²) in [6, 6.07) is 33.9. The van der Waals surface area contributed by atoms with E-state index in [2.05, 4.69) is 22.2 Å². The third-order valence-electron chi connectivity index (χ3n) is 11.6. The molecule has 14 heteroatoms. The van der Waals surface area contributed by atoms with Gasteiger partial charge >= 0.3 is 12.1 Å². The Morgan fingerprint density at radius 1 is 0.850 bits per heavy atom. The van der Waals surface area contributed by atoms with Crippen LogP contribution >= 0.6 is 0 Å². The van der Waals surface area contributed by atoms with Crippen LogP contribution in [0.3, 0.4) is 0 Å². The number of para-hydroxylation sites is 1. The fraction of sp³-hybridized carbons (Fsp3) is 0.217. The van der Waals surface area contributed by atoms with Gasteiger partial charge in [0.05, 0.1) is 35.8 Å². The Hall–Kier alpha value is -7.34. The molecule has 0 saturated carbocycles. The third-order valence-corrected chi connectivity index (χ3v) is 11.6. The van der Waals surface area contributed by atoms with Gasteiger partial charge in [-0.1, -0.05) is 102 Å². The lowest BCUT2D eigenvalue weighted by molar-refractivity contribution is -0.178. The average Bonchev–Trinajstić information content (AvgIpc) is 3.90. The van der Waals surface area contributed by atoms with E-state index in [0.29, 0.717) is 22.2 Å². The number of carbonyl (C=O) groups excluding carboxylic acids is 4. The molecule has 3 aliphatic heterocycles. The fourth-order valence-corrected chi connectivity index (χ4v) is 9.18. The van der Waals surface area contributed by atoms with Crippen molar-refractivity contribution in [2.45, 2.75) is 36.2 Å². The minimum atomic E-state index is -2.04. The molecule has 2 saturated heterocycles. The minimum absolute atomic E-state index is 0.0483. The van der Waals surface area contributed by atoms with Crippen molar-refractivity contribution in [2.24, 2.45) is 11.7 Å². The zero-order valence-corrected chi connectivity index (χ0v) is 32.3. The van der Waals surface area contributed by atoms with Crippen LogP contribution in [0.4, 0.5) is 10.5 Å². The minimum Gasteiger partial charge on any atom is -0.508 e. The lowest BCUT2D eigenvalue weighted by atomic mass is 9.65. The number of amides is 3. The molecule has 0 aliphatic carbocycles. The van der Waals surface area contributed by atoms with E-state index in [-0.39, 0.29) is 36.8 Å². The van der Waals surface area contributed by atoms with Crippen molar-refractivity contribution in [2.75, 3.05) is 25.2 Å². The van der Waals surface area contributed by atoms with Gasteiger partial charge in [0.15, 0.2) is 0 Å². The van der Waals surface area contributed by atoms with Crippen LogP contribution in [0.2, 0.25) is 0 Å². The molecule has 9 rings (SSSR count). The van der Waals surface area contributed by atoms with Crippen LogP contribution < -0.4 is 10.6 Å². The van der Waals surface area contributed by atoms with Gasteiger partial charge in [-0.3, -0.25) is 19.3 Å². The van der Waals surface area contributed by atoms with E-state index in [1.165, 1.54) is 19.2 Å². The SMILES string of the molecule is COCCOC(=O)N1C(=O)[C@@]2(c3cc(C#CCn4nnc5ccccc54)ccc31)[C@H](c1ccc(O)cc1)N1[C@H](c3ccccc3)[C@H](c3ccccc3)OC(=O)[C@H]1[C@@H]2C(N)=O.